The standard InChI is InChI=1S/C20H15ClFNO3.C19H12Cl2FNO3.C19H12ClF2NO3/c1-12-4-2-7-17(22)19(12)26-18-10-13(21)8-9-16(18)20(25)23-14-5-3-6-15(24)11-14;2*20-11-7-8-14(19(25)23-12-3-1-4-13(24)10-12)17(9-11)26-18-15(21)5-2-6-16(18)22/h2-5,7-11H,6H2,1H3,(H,23,25);2*1-3,5-10H,4H2,(H,23,25). The van der Waals surface area contributed by atoms with E-state index in [1.807, 2.05) is 0 Å². The molecule has 3 amide bonds. The van der Waals surface area contributed by atoms with Crippen LogP contribution in [0.4, 0.5) is 17.6 Å². The van der Waals surface area contributed by atoms with Crippen LogP contribution in [0.1, 0.15) is 55.9 Å². The first-order valence-electron chi connectivity index (χ1n) is 23.0. The van der Waals surface area contributed by atoms with E-state index in [4.69, 9.17) is 60.6 Å². The molecule has 0 unspecified atom stereocenters. The topological polar surface area (TPSA) is 166 Å². The number of carbonyl (C=O) groups is 6. The number of nitrogens with one attached hydrogen (secondary N) is 3. The number of allylic oxidation sites excluding steroid dienone is 9. The Kier molecular flexibility index (Phi) is 19.4. The lowest BCUT2D eigenvalue weighted by Gasteiger charge is -2.15. The van der Waals surface area contributed by atoms with Crippen LogP contribution < -0.4 is 30.2 Å². The first-order valence-corrected chi connectivity index (χ1v) is 24.6. The van der Waals surface area contributed by atoms with Crippen molar-refractivity contribution in [1.29, 1.82) is 0 Å². The molecule has 3 N–H and O–H groups in total. The fourth-order valence-corrected chi connectivity index (χ4v) is 7.80. The van der Waals surface area contributed by atoms with Crippen LogP contribution in [0.15, 0.2) is 181 Å². The SMILES string of the molecule is Cc1cccc(F)c1Oc1cc(Cl)ccc1C(=O)NC1=CC(=O)CC=C1.O=C1C=C(NC(=O)c2ccc(Cl)cc2Oc2c(F)cccc2Cl)C=CC1.O=C1C=C(NC(=O)c2ccc(Cl)cc2Oc2c(F)cccc2F)C=CC1. The predicted octanol–water partition coefficient (Wildman–Crippen LogP) is 14.3. The Morgan fingerprint density at radius 3 is 1.12 bits per heavy atom. The molecule has 3 aliphatic rings. The maximum atomic E-state index is 14.1. The van der Waals surface area contributed by atoms with Gasteiger partial charge in [-0.2, -0.15) is 0 Å². The molecule has 0 bridgehead atoms. The molecule has 0 saturated heterocycles. The molecule has 12 nitrogen and oxygen atoms in total. The number of amides is 3. The van der Waals surface area contributed by atoms with E-state index in [0.29, 0.717) is 45.5 Å². The number of ketones is 3. The molecule has 3 aliphatic carbocycles. The molecule has 78 heavy (non-hydrogen) atoms. The largest absolute Gasteiger partial charge is 0.453 e. The van der Waals surface area contributed by atoms with Crippen molar-refractivity contribution in [2.75, 3.05) is 0 Å². The van der Waals surface area contributed by atoms with E-state index in [-0.39, 0.29) is 79.3 Å². The van der Waals surface area contributed by atoms with Crippen LogP contribution in [0, 0.1) is 30.2 Å². The molecule has 20 heteroatoms. The van der Waals surface area contributed by atoms with Crippen LogP contribution in [0.2, 0.25) is 20.1 Å². The first kappa shape index (κ1) is 57.2. The summed E-state index contributed by atoms with van der Waals surface area (Å²) in [6.07, 6.45) is 14.7. The summed E-state index contributed by atoms with van der Waals surface area (Å²) in [6, 6.07) is 24.8. The van der Waals surface area contributed by atoms with Crippen LogP contribution in [0.5, 0.6) is 34.5 Å². The highest BCUT2D eigenvalue weighted by Gasteiger charge is 2.22. The molecule has 396 valence electrons. The third-order valence-corrected chi connectivity index (χ3v) is 11.8. The normalized spacial score (nSPS) is 13.3. The minimum absolute atomic E-state index is 0.00405. The zero-order valence-corrected chi connectivity index (χ0v) is 43.4. The second kappa shape index (κ2) is 26.5. The molecule has 9 rings (SSSR count). The second-order valence-corrected chi connectivity index (χ2v) is 18.3. The summed E-state index contributed by atoms with van der Waals surface area (Å²) in [5.74, 6) is -5.84. The zero-order chi connectivity index (χ0) is 56.0. The number of hydrogen-bond donors (Lipinski definition) is 3. The van der Waals surface area contributed by atoms with Gasteiger partial charge in [0.25, 0.3) is 17.7 Å². The number of halogens is 8. The first-order chi connectivity index (χ1) is 37.3. The maximum Gasteiger partial charge on any atom is 0.259 e. The fraction of sp³-hybridized carbons (Fsp3) is 0.0690. The lowest BCUT2D eigenvalue weighted by atomic mass is 10.1. The third kappa shape index (κ3) is 15.5. The number of para-hydroxylation sites is 3. The maximum absolute atomic E-state index is 14.1. The quantitative estimate of drug-likeness (QED) is 0.101. The number of rotatable bonds is 12. The molecule has 6 aromatic rings. The van der Waals surface area contributed by atoms with Crippen molar-refractivity contribution in [3.05, 3.63) is 247 Å². The summed E-state index contributed by atoms with van der Waals surface area (Å²) in [7, 11) is 0. The minimum Gasteiger partial charge on any atom is -0.453 e. The summed E-state index contributed by atoms with van der Waals surface area (Å²) in [5, 5.41) is 8.71. The van der Waals surface area contributed by atoms with Gasteiger partial charge in [0, 0.05) is 87.8 Å². The van der Waals surface area contributed by atoms with Gasteiger partial charge in [-0.1, -0.05) is 88.9 Å². The van der Waals surface area contributed by atoms with E-state index in [1.54, 1.807) is 55.5 Å². The van der Waals surface area contributed by atoms with Crippen molar-refractivity contribution >= 4 is 81.5 Å². The number of ether oxygens (including phenoxy) is 3. The monoisotopic (exact) mass is 1140 g/mol. The van der Waals surface area contributed by atoms with Crippen molar-refractivity contribution < 1.29 is 60.5 Å². The van der Waals surface area contributed by atoms with Crippen molar-refractivity contribution in [3.8, 4) is 34.5 Å². The summed E-state index contributed by atoms with van der Waals surface area (Å²) < 4.78 is 72.2. The Labute approximate surface area is 462 Å². The van der Waals surface area contributed by atoms with E-state index < -0.39 is 46.7 Å². The van der Waals surface area contributed by atoms with Crippen molar-refractivity contribution in [1.82, 2.24) is 16.0 Å². The molecule has 0 aromatic heterocycles. The van der Waals surface area contributed by atoms with Gasteiger partial charge in [0.05, 0.1) is 21.7 Å². The van der Waals surface area contributed by atoms with Crippen LogP contribution in [-0.2, 0) is 14.4 Å². The average molecular weight is 1140 g/mol. The van der Waals surface area contributed by atoms with Gasteiger partial charge in [0.15, 0.2) is 57.9 Å². The van der Waals surface area contributed by atoms with Crippen LogP contribution in [0.25, 0.3) is 0 Å². The number of hydrogen-bond acceptors (Lipinski definition) is 9. The van der Waals surface area contributed by atoms with Gasteiger partial charge in [-0.25, -0.2) is 17.6 Å². The Morgan fingerprint density at radius 2 is 0.756 bits per heavy atom. The predicted molar refractivity (Wildman–Crippen MR) is 286 cm³/mol. The molecular formula is C58H39Cl4F4N3O9. The minimum atomic E-state index is -0.917. The van der Waals surface area contributed by atoms with Crippen LogP contribution in [0.3, 0.4) is 0 Å². The van der Waals surface area contributed by atoms with Gasteiger partial charge in [-0.05, 0) is 97.4 Å². The van der Waals surface area contributed by atoms with Crippen molar-refractivity contribution in [2.45, 2.75) is 26.2 Å². The summed E-state index contributed by atoms with van der Waals surface area (Å²) in [5.41, 5.74) is 1.92. The number of benzene rings is 6. The molecule has 0 heterocycles. The van der Waals surface area contributed by atoms with Gasteiger partial charge >= 0.3 is 0 Å². The molecule has 0 atom stereocenters. The van der Waals surface area contributed by atoms with Gasteiger partial charge in [0.1, 0.15) is 17.2 Å². The van der Waals surface area contributed by atoms with Gasteiger partial charge in [-0.3, -0.25) is 28.8 Å². The average Bonchev–Trinajstić information content (AvgIpc) is 3.38. The molecule has 0 spiro atoms. The lowest BCUT2D eigenvalue weighted by Crippen LogP contribution is -2.24. The summed E-state index contributed by atoms with van der Waals surface area (Å²) in [4.78, 5) is 72.0. The molecule has 0 fully saturated rings. The van der Waals surface area contributed by atoms with Crippen LogP contribution >= 0.6 is 46.4 Å². The van der Waals surface area contributed by atoms with Crippen LogP contribution in [-0.4, -0.2) is 35.1 Å². The fourth-order valence-electron chi connectivity index (χ4n) is 7.12. The smallest absolute Gasteiger partial charge is 0.259 e. The zero-order valence-electron chi connectivity index (χ0n) is 40.4. The highest BCUT2D eigenvalue weighted by Crippen LogP contribution is 2.37. The van der Waals surface area contributed by atoms with Crippen molar-refractivity contribution in [3.63, 3.8) is 0 Å². The van der Waals surface area contributed by atoms with Gasteiger partial charge in [-0.15, -0.1) is 0 Å². The Morgan fingerprint density at radius 1 is 0.436 bits per heavy atom. The Hall–Kier alpha value is -8.54. The number of carbonyl (C=O) groups excluding carboxylic acids is 6. The van der Waals surface area contributed by atoms with E-state index >= 15 is 0 Å². The molecule has 0 radical (unpaired) electrons. The molecule has 0 aliphatic heterocycles. The Balaban J connectivity index is 0.000000170. The van der Waals surface area contributed by atoms with E-state index in [9.17, 15) is 46.3 Å². The highest BCUT2D eigenvalue weighted by molar-refractivity contribution is 6.32. The summed E-state index contributed by atoms with van der Waals surface area (Å²) >= 11 is 23.9. The number of aryl methyl sites for hydroxylation is 1. The molecule has 0 saturated carbocycles. The Bertz CT molecular complexity index is 3170. The summed E-state index contributed by atoms with van der Waals surface area (Å²) in [6.45, 7) is 1.70. The van der Waals surface area contributed by atoms with Gasteiger partial charge in [0.2, 0.25) is 0 Å². The van der Waals surface area contributed by atoms with E-state index in [2.05, 4.69) is 16.0 Å². The van der Waals surface area contributed by atoms with E-state index in [1.165, 1.54) is 103 Å². The molecular weight excluding hydrogens is 1100 g/mol. The third-order valence-electron chi connectivity index (χ3n) is 10.8. The van der Waals surface area contributed by atoms with E-state index in [0.717, 1.165) is 12.1 Å². The van der Waals surface area contributed by atoms with Crippen molar-refractivity contribution in [2.24, 2.45) is 0 Å². The highest BCUT2D eigenvalue weighted by atomic mass is 35.5. The van der Waals surface area contributed by atoms with Gasteiger partial charge < -0.3 is 30.2 Å². The second-order valence-electron chi connectivity index (χ2n) is 16.6. The lowest BCUT2D eigenvalue weighted by molar-refractivity contribution is -0.114. The molecule has 6 aromatic carbocycles.